The van der Waals surface area contributed by atoms with Crippen molar-refractivity contribution in [3.63, 3.8) is 0 Å². The first-order valence-electron chi connectivity index (χ1n) is 6.57. The van der Waals surface area contributed by atoms with Gasteiger partial charge in [0.15, 0.2) is 0 Å². The third-order valence-electron chi connectivity index (χ3n) is 2.89. The van der Waals surface area contributed by atoms with Crippen molar-refractivity contribution in [2.75, 3.05) is 26.2 Å². The van der Waals surface area contributed by atoms with Crippen LogP contribution in [-0.4, -0.2) is 39.5 Å². The average Bonchev–Trinajstić information content (AvgIpc) is 2.37. The summed E-state index contributed by atoms with van der Waals surface area (Å²) in [7, 11) is -3.47. The van der Waals surface area contributed by atoms with E-state index in [9.17, 15) is 8.42 Å². The quantitative estimate of drug-likeness (QED) is 0.692. The number of halogens is 2. The fourth-order valence-corrected chi connectivity index (χ4v) is 4.62. The van der Waals surface area contributed by atoms with Gasteiger partial charge in [0.1, 0.15) is 0 Å². The van der Waals surface area contributed by atoms with Crippen LogP contribution in [0.25, 0.3) is 0 Å². The van der Waals surface area contributed by atoms with Crippen molar-refractivity contribution in [1.29, 1.82) is 0 Å². The van der Waals surface area contributed by atoms with Crippen molar-refractivity contribution in [3.8, 4) is 0 Å². The minimum absolute atomic E-state index is 0.263. The van der Waals surface area contributed by atoms with Crippen LogP contribution in [0, 0.1) is 0 Å². The van der Waals surface area contributed by atoms with E-state index in [-0.39, 0.29) is 4.90 Å². The minimum Gasteiger partial charge on any atom is -0.302 e. The van der Waals surface area contributed by atoms with Crippen LogP contribution in [0.1, 0.15) is 20.3 Å². The van der Waals surface area contributed by atoms with Gasteiger partial charge < -0.3 is 4.90 Å². The summed E-state index contributed by atoms with van der Waals surface area (Å²) in [5.74, 6) is 0. The highest BCUT2D eigenvalue weighted by Gasteiger charge is 2.17. The van der Waals surface area contributed by atoms with Gasteiger partial charge >= 0.3 is 0 Å². The molecule has 0 radical (unpaired) electrons. The maximum absolute atomic E-state index is 12.2. The second-order valence-corrected chi connectivity index (χ2v) is 7.91. The summed E-state index contributed by atoms with van der Waals surface area (Å²) in [6.45, 7) is 7.25. The summed E-state index contributed by atoms with van der Waals surface area (Å²) in [6.07, 6.45) is 1.07. The molecule has 0 atom stereocenters. The molecule has 1 rings (SSSR count). The SMILES string of the molecule is CCCN(CC)CCNS(=O)(=O)c1ccc(Br)cc1Br. The Morgan fingerprint density at radius 2 is 1.90 bits per heavy atom. The van der Waals surface area contributed by atoms with Crippen LogP contribution in [0.15, 0.2) is 32.0 Å². The molecule has 0 aromatic heterocycles. The Morgan fingerprint density at radius 3 is 2.45 bits per heavy atom. The van der Waals surface area contributed by atoms with Gasteiger partial charge in [-0.05, 0) is 53.6 Å². The zero-order valence-electron chi connectivity index (χ0n) is 11.7. The van der Waals surface area contributed by atoms with Gasteiger partial charge in [0.25, 0.3) is 0 Å². The summed E-state index contributed by atoms with van der Waals surface area (Å²) in [6, 6.07) is 5.03. The molecule has 1 aromatic rings. The molecule has 20 heavy (non-hydrogen) atoms. The van der Waals surface area contributed by atoms with Crippen LogP contribution >= 0.6 is 31.9 Å². The summed E-state index contributed by atoms with van der Waals surface area (Å²) in [4.78, 5) is 2.48. The van der Waals surface area contributed by atoms with E-state index in [1.807, 2.05) is 0 Å². The molecule has 0 bridgehead atoms. The van der Waals surface area contributed by atoms with Crippen LogP contribution in [0.5, 0.6) is 0 Å². The lowest BCUT2D eigenvalue weighted by molar-refractivity contribution is 0.293. The first kappa shape index (κ1) is 18.1. The molecule has 0 heterocycles. The van der Waals surface area contributed by atoms with Gasteiger partial charge in [0.05, 0.1) is 4.90 Å². The fourth-order valence-electron chi connectivity index (χ4n) is 1.85. The zero-order valence-corrected chi connectivity index (χ0v) is 15.7. The number of benzene rings is 1. The number of rotatable bonds is 8. The van der Waals surface area contributed by atoms with Crippen molar-refractivity contribution < 1.29 is 8.42 Å². The Labute approximate surface area is 138 Å². The van der Waals surface area contributed by atoms with E-state index < -0.39 is 10.0 Å². The number of hydrogen-bond acceptors (Lipinski definition) is 3. The molecule has 0 aliphatic carbocycles. The van der Waals surface area contributed by atoms with Crippen molar-refractivity contribution in [2.24, 2.45) is 0 Å². The summed E-state index contributed by atoms with van der Waals surface area (Å²) in [5.41, 5.74) is 0. The second-order valence-electron chi connectivity index (χ2n) is 4.41. The third-order valence-corrected chi connectivity index (χ3v) is 5.82. The Hall–Kier alpha value is 0.0500. The lowest BCUT2D eigenvalue weighted by atomic mass is 10.4. The van der Waals surface area contributed by atoms with Gasteiger partial charge in [0, 0.05) is 22.0 Å². The van der Waals surface area contributed by atoms with E-state index in [0.29, 0.717) is 11.0 Å². The molecule has 1 N–H and O–H groups in total. The molecule has 0 aliphatic heterocycles. The predicted molar refractivity (Wildman–Crippen MR) is 89.4 cm³/mol. The molecule has 0 aliphatic rings. The van der Waals surface area contributed by atoms with Gasteiger partial charge in [-0.1, -0.05) is 29.8 Å². The Balaban J connectivity index is 2.66. The third kappa shape index (κ3) is 5.44. The Kier molecular flexibility index (Phi) is 7.68. The lowest BCUT2D eigenvalue weighted by Gasteiger charge is -2.19. The van der Waals surface area contributed by atoms with Gasteiger partial charge in [0.2, 0.25) is 10.0 Å². The smallest absolute Gasteiger partial charge is 0.241 e. The molecule has 1 aromatic carbocycles. The lowest BCUT2D eigenvalue weighted by Crippen LogP contribution is -2.35. The van der Waals surface area contributed by atoms with E-state index in [0.717, 1.165) is 30.5 Å². The number of nitrogens with one attached hydrogen (secondary N) is 1. The Morgan fingerprint density at radius 1 is 1.20 bits per heavy atom. The predicted octanol–water partition coefficient (Wildman–Crippen LogP) is 3.22. The highest BCUT2D eigenvalue weighted by atomic mass is 79.9. The van der Waals surface area contributed by atoms with E-state index in [2.05, 4.69) is 55.3 Å². The van der Waals surface area contributed by atoms with Crippen molar-refractivity contribution in [1.82, 2.24) is 9.62 Å². The first-order valence-corrected chi connectivity index (χ1v) is 9.64. The maximum Gasteiger partial charge on any atom is 0.241 e. The van der Waals surface area contributed by atoms with Gasteiger partial charge in [-0.3, -0.25) is 0 Å². The van der Waals surface area contributed by atoms with Gasteiger partial charge in [-0.2, -0.15) is 0 Å². The maximum atomic E-state index is 12.2. The van der Waals surface area contributed by atoms with Gasteiger partial charge in [-0.25, -0.2) is 13.1 Å². The van der Waals surface area contributed by atoms with E-state index in [4.69, 9.17) is 0 Å². The van der Waals surface area contributed by atoms with Crippen molar-refractivity contribution in [3.05, 3.63) is 27.1 Å². The van der Waals surface area contributed by atoms with E-state index in [1.165, 1.54) is 0 Å². The van der Waals surface area contributed by atoms with Gasteiger partial charge in [-0.15, -0.1) is 0 Å². The highest BCUT2D eigenvalue weighted by Crippen LogP contribution is 2.25. The van der Waals surface area contributed by atoms with Crippen LogP contribution in [0.3, 0.4) is 0 Å². The van der Waals surface area contributed by atoms with Crippen molar-refractivity contribution in [2.45, 2.75) is 25.2 Å². The first-order chi connectivity index (χ1) is 9.40. The number of sulfonamides is 1. The molecule has 0 spiro atoms. The van der Waals surface area contributed by atoms with Crippen LogP contribution in [0.2, 0.25) is 0 Å². The highest BCUT2D eigenvalue weighted by molar-refractivity contribution is 9.11. The molecule has 0 fully saturated rings. The molecule has 0 amide bonds. The zero-order chi connectivity index (χ0) is 15.2. The molecular weight excluding hydrogens is 408 g/mol. The molecule has 0 saturated heterocycles. The molecule has 0 saturated carbocycles. The average molecular weight is 428 g/mol. The molecule has 4 nitrogen and oxygen atoms in total. The number of nitrogens with zero attached hydrogens (tertiary/aromatic N) is 1. The number of likely N-dealkylation sites (N-methyl/N-ethyl adjacent to an activating group) is 1. The molecule has 0 unspecified atom stereocenters. The summed E-state index contributed by atoms with van der Waals surface area (Å²) < 4.78 is 28.5. The van der Waals surface area contributed by atoms with Crippen LogP contribution in [-0.2, 0) is 10.0 Å². The summed E-state index contributed by atoms with van der Waals surface area (Å²) >= 11 is 6.59. The van der Waals surface area contributed by atoms with Crippen LogP contribution < -0.4 is 4.72 Å². The standard InChI is InChI=1S/C13H20Br2N2O2S/c1-3-8-17(4-2)9-7-16-20(18,19)13-6-5-11(14)10-12(13)15/h5-6,10,16H,3-4,7-9H2,1-2H3. The Bertz CT molecular complexity index is 535. The summed E-state index contributed by atoms with van der Waals surface area (Å²) in [5, 5.41) is 0. The normalized spacial score (nSPS) is 12.1. The fraction of sp³-hybridized carbons (Fsp3) is 0.538. The second kappa shape index (κ2) is 8.48. The monoisotopic (exact) mass is 426 g/mol. The largest absolute Gasteiger partial charge is 0.302 e. The number of hydrogen-bond donors (Lipinski definition) is 1. The molecule has 7 heteroatoms. The topological polar surface area (TPSA) is 49.4 Å². The minimum atomic E-state index is -3.47. The van der Waals surface area contributed by atoms with E-state index >= 15 is 0 Å². The van der Waals surface area contributed by atoms with E-state index in [1.54, 1.807) is 18.2 Å². The molecule has 114 valence electrons. The van der Waals surface area contributed by atoms with Crippen LogP contribution in [0.4, 0.5) is 0 Å². The van der Waals surface area contributed by atoms with Crippen molar-refractivity contribution >= 4 is 41.9 Å². The molecular formula is C13H20Br2N2O2S.